The van der Waals surface area contributed by atoms with E-state index in [0.29, 0.717) is 12.0 Å². The second-order valence-electron chi connectivity index (χ2n) is 7.89. The first kappa shape index (κ1) is 17.5. The summed E-state index contributed by atoms with van der Waals surface area (Å²) in [7, 11) is 0. The van der Waals surface area contributed by atoms with E-state index in [-0.39, 0.29) is 0 Å². The van der Waals surface area contributed by atoms with E-state index in [9.17, 15) is 9.90 Å². The van der Waals surface area contributed by atoms with Crippen molar-refractivity contribution in [2.24, 2.45) is 16.7 Å². The van der Waals surface area contributed by atoms with Crippen LogP contribution >= 0.6 is 0 Å². The molecule has 118 valence electrons. The summed E-state index contributed by atoms with van der Waals surface area (Å²) < 4.78 is 0. The van der Waals surface area contributed by atoms with E-state index < -0.39 is 11.4 Å². The number of nitrogens with zero attached hydrogens (tertiary/aromatic N) is 1. The predicted octanol–water partition coefficient (Wildman–Crippen LogP) is 4.03. The molecular weight excluding hydrogens is 250 g/mol. The topological polar surface area (TPSA) is 40.5 Å². The molecular formula is C17H33NO2. The van der Waals surface area contributed by atoms with Gasteiger partial charge in [0.2, 0.25) is 0 Å². The van der Waals surface area contributed by atoms with Gasteiger partial charge in [-0.15, -0.1) is 0 Å². The quantitative estimate of drug-likeness (QED) is 0.828. The zero-order chi connectivity index (χ0) is 15.4. The molecule has 0 aromatic carbocycles. The van der Waals surface area contributed by atoms with E-state index >= 15 is 0 Å². The molecule has 3 nitrogen and oxygen atoms in total. The zero-order valence-electron chi connectivity index (χ0n) is 14.0. The highest BCUT2D eigenvalue weighted by Gasteiger charge is 2.35. The SMILES string of the molecule is CCCC(C)(CN1CCCC(C(C)(C)C)CC1)C(=O)O. The summed E-state index contributed by atoms with van der Waals surface area (Å²) in [5, 5.41) is 9.52. The lowest BCUT2D eigenvalue weighted by Crippen LogP contribution is -2.41. The van der Waals surface area contributed by atoms with Gasteiger partial charge in [0.05, 0.1) is 5.41 Å². The normalized spacial score (nSPS) is 24.9. The van der Waals surface area contributed by atoms with Gasteiger partial charge in [-0.3, -0.25) is 4.79 Å². The fraction of sp³-hybridized carbons (Fsp3) is 0.941. The van der Waals surface area contributed by atoms with Gasteiger partial charge in [-0.05, 0) is 57.0 Å². The van der Waals surface area contributed by atoms with Crippen LogP contribution in [0, 0.1) is 16.7 Å². The minimum absolute atomic E-state index is 0.371. The van der Waals surface area contributed by atoms with Crippen molar-refractivity contribution in [3.8, 4) is 0 Å². The molecule has 1 saturated heterocycles. The van der Waals surface area contributed by atoms with Gasteiger partial charge in [0.25, 0.3) is 0 Å². The molecule has 3 heteroatoms. The number of carboxylic acid groups (broad SMARTS) is 1. The number of hydrogen-bond donors (Lipinski definition) is 1. The number of carboxylic acids is 1. The summed E-state index contributed by atoms with van der Waals surface area (Å²) >= 11 is 0. The monoisotopic (exact) mass is 283 g/mol. The lowest BCUT2D eigenvalue weighted by Gasteiger charge is -2.32. The number of likely N-dealkylation sites (tertiary alicyclic amines) is 1. The van der Waals surface area contributed by atoms with E-state index in [2.05, 4.69) is 32.6 Å². The van der Waals surface area contributed by atoms with Crippen LogP contribution in [0.1, 0.15) is 66.7 Å². The van der Waals surface area contributed by atoms with Crippen molar-refractivity contribution in [1.82, 2.24) is 4.90 Å². The van der Waals surface area contributed by atoms with Crippen molar-refractivity contribution in [3.05, 3.63) is 0 Å². The van der Waals surface area contributed by atoms with E-state index in [1.54, 1.807) is 0 Å². The van der Waals surface area contributed by atoms with Crippen LogP contribution < -0.4 is 0 Å². The molecule has 0 spiro atoms. The molecule has 2 unspecified atom stereocenters. The van der Waals surface area contributed by atoms with Crippen LogP contribution in [-0.2, 0) is 4.79 Å². The first-order chi connectivity index (χ1) is 9.19. The van der Waals surface area contributed by atoms with Crippen molar-refractivity contribution in [3.63, 3.8) is 0 Å². The molecule has 0 saturated carbocycles. The number of carbonyl (C=O) groups is 1. The van der Waals surface area contributed by atoms with Gasteiger partial charge in [-0.1, -0.05) is 34.1 Å². The van der Waals surface area contributed by atoms with E-state index in [0.717, 1.165) is 31.8 Å². The third-order valence-electron chi connectivity index (χ3n) is 4.94. The minimum Gasteiger partial charge on any atom is -0.481 e. The number of hydrogen-bond acceptors (Lipinski definition) is 2. The van der Waals surface area contributed by atoms with Gasteiger partial charge in [0, 0.05) is 6.54 Å². The summed E-state index contributed by atoms with van der Waals surface area (Å²) in [6.07, 6.45) is 5.37. The molecule has 1 aliphatic rings. The van der Waals surface area contributed by atoms with E-state index in [4.69, 9.17) is 0 Å². The average molecular weight is 283 g/mol. The fourth-order valence-electron chi connectivity index (χ4n) is 3.48. The van der Waals surface area contributed by atoms with Crippen molar-refractivity contribution < 1.29 is 9.90 Å². The third kappa shape index (κ3) is 4.76. The molecule has 0 aromatic rings. The second kappa shape index (κ2) is 6.93. The Morgan fingerprint density at radius 1 is 1.20 bits per heavy atom. The Kier molecular flexibility index (Phi) is 6.06. The van der Waals surface area contributed by atoms with Crippen LogP contribution in [0.5, 0.6) is 0 Å². The zero-order valence-corrected chi connectivity index (χ0v) is 14.0. The number of rotatable bonds is 5. The standard InChI is InChI=1S/C17H33NO2/c1-6-10-17(5,15(19)20)13-18-11-7-8-14(9-12-18)16(2,3)4/h14H,6-13H2,1-5H3,(H,19,20). The van der Waals surface area contributed by atoms with E-state index in [1.165, 1.54) is 19.3 Å². The second-order valence-corrected chi connectivity index (χ2v) is 7.89. The molecule has 0 radical (unpaired) electrons. The van der Waals surface area contributed by atoms with Crippen LogP contribution in [-0.4, -0.2) is 35.6 Å². The Balaban J connectivity index is 2.63. The molecule has 2 atom stereocenters. The Labute approximate surface area is 124 Å². The summed E-state index contributed by atoms with van der Waals surface area (Å²) in [4.78, 5) is 14.0. The molecule has 0 amide bonds. The van der Waals surface area contributed by atoms with Crippen LogP contribution in [0.4, 0.5) is 0 Å². The summed E-state index contributed by atoms with van der Waals surface area (Å²) in [5.41, 5.74) is -0.216. The Morgan fingerprint density at radius 2 is 1.85 bits per heavy atom. The van der Waals surface area contributed by atoms with Crippen LogP contribution in [0.25, 0.3) is 0 Å². The van der Waals surface area contributed by atoms with Crippen molar-refractivity contribution in [1.29, 1.82) is 0 Å². The largest absolute Gasteiger partial charge is 0.481 e. The predicted molar refractivity (Wildman–Crippen MR) is 83.9 cm³/mol. The smallest absolute Gasteiger partial charge is 0.310 e. The molecule has 1 fully saturated rings. The maximum absolute atomic E-state index is 11.6. The summed E-state index contributed by atoms with van der Waals surface area (Å²) in [5.74, 6) is 0.116. The van der Waals surface area contributed by atoms with Crippen molar-refractivity contribution >= 4 is 5.97 Å². The number of aliphatic carboxylic acids is 1. The van der Waals surface area contributed by atoms with Gasteiger partial charge in [-0.2, -0.15) is 0 Å². The first-order valence-corrected chi connectivity index (χ1v) is 8.15. The van der Waals surface area contributed by atoms with Crippen LogP contribution in [0.15, 0.2) is 0 Å². The highest BCUT2D eigenvalue weighted by atomic mass is 16.4. The first-order valence-electron chi connectivity index (χ1n) is 8.15. The Morgan fingerprint density at radius 3 is 2.35 bits per heavy atom. The van der Waals surface area contributed by atoms with E-state index in [1.807, 2.05) is 6.92 Å². The molecule has 0 bridgehead atoms. The molecule has 1 aliphatic heterocycles. The summed E-state index contributed by atoms with van der Waals surface area (Å²) in [6.45, 7) is 13.8. The molecule has 1 N–H and O–H groups in total. The fourth-order valence-corrected chi connectivity index (χ4v) is 3.48. The van der Waals surface area contributed by atoms with Gasteiger partial charge in [0.1, 0.15) is 0 Å². The Hall–Kier alpha value is -0.570. The molecule has 1 heterocycles. The lowest BCUT2D eigenvalue weighted by atomic mass is 9.77. The lowest BCUT2D eigenvalue weighted by molar-refractivity contribution is -0.149. The van der Waals surface area contributed by atoms with Crippen molar-refractivity contribution in [2.45, 2.75) is 66.7 Å². The molecule has 0 aliphatic carbocycles. The van der Waals surface area contributed by atoms with Gasteiger partial charge < -0.3 is 10.0 Å². The summed E-state index contributed by atoms with van der Waals surface area (Å²) in [6, 6.07) is 0. The minimum atomic E-state index is -0.643. The van der Waals surface area contributed by atoms with Crippen LogP contribution in [0.3, 0.4) is 0 Å². The van der Waals surface area contributed by atoms with Crippen LogP contribution in [0.2, 0.25) is 0 Å². The van der Waals surface area contributed by atoms with Gasteiger partial charge in [0.15, 0.2) is 0 Å². The molecule has 1 rings (SSSR count). The highest BCUT2D eigenvalue weighted by Crippen LogP contribution is 2.35. The van der Waals surface area contributed by atoms with Gasteiger partial charge >= 0.3 is 5.97 Å². The highest BCUT2D eigenvalue weighted by molar-refractivity contribution is 5.74. The maximum Gasteiger partial charge on any atom is 0.310 e. The average Bonchev–Trinajstić information content (AvgIpc) is 2.54. The van der Waals surface area contributed by atoms with Crippen molar-refractivity contribution in [2.75, 3.05) is 19.6 Å². The maximum atomic E-state index is 11.6. The molecule has 0 aromatic heterocycles. The Bertz CT molecular complexity index is 321. The van der Waals surface area contributed by atoms with Gasteiger partial charge in [-0.25, -0.2) is 0 Å². The third-order valence-corrected chi connectivity index (χ3v) is 4.94. The molecule has 20 heavy (non-hydrogen) atoms.